The van der Waals surface area contributed by atoms with E-state index in [1.807, 2.05) is 0 Å². The summed E-state index contributed by atoms with van der Waals surface area (Å²) in [5.74, 6) is 0. The van der Waals surface area contributed by atoms with Crippen LogP contribution in [0.15, 0.2) is 6.20 Å². The van der Waals surface area contributed by atoms with Crippen molar-refractivity contribution in [2.45, 2.75) is 69.9 Å². The van der Waals surface area contributed by atoms with Gasteiger partial charge in [0, 0.05) is 12.1 Å². The molecule has 1 aromatic heterocycles. The summed E-state index contributed by atoms with van der Waals surface area (Å²) in [7, 11) is 0. The Labute approximate surface area is 121 Å². The van der Waals surface area contributed by atoms with Crippen molar-refractivity contribution < 1.29 is 18.3 Å². The first-order valence-corrected chi connectivity index (χ1v) is 7.23. The number of halogens is 3. The fraction of sp³-hybridized carbons (Fsp3) is 0.846. The maximum Gasteiger partial charge on any atom is 0.390 e. The molecule has 0 aliphatic heterocycles. The van der Waals surface area contributed by atoms with Gasteiger partial charge in [0.2, 0.25) is 0 Å². The van der Waals surface area contributed by atoms with E-state index in [1.165, 1.54) is 0 Å². The molecule has 1 aliphatic carbocycles. The van der Waals surface area contributed by atoms with Crippen LogP contribution in [0.5, 0.6) is 0 Å². The summed E-state index contributed by atoms with van der Waals surface area (Å²) >= 11 is 0. The van der Waals surface area contributed by atoms with Crippen molar-refractivity contribution >= 4 is 0 Å². The number of alkyl halides is 3. The Morgan fingerprint density at radius 3 is 2.76 bits per heavy atom. The Bertz CT molecular complexity index is 449. The summed E-state index contributed by atoms with van der Waals surface area (Å²) in [6.07, 6.45) is 0.355. The lowest BCUT2D eigenvalue weighted by Gasteiger charge is -2.34. The van der Waals surface area contributed by atoms with E-state index in [-0.39, 0.29) is 18.7 Å². The topological polar surface area (TPSA) is 63.0 Å². The molecule has 0 spiro atoms. The summed E-state index contributed by atoms with van der Waals surface area (Å²) in [6, 6.07) is -0.692. The maximum atomic E-state index is 12.4. The second-order valence-corrected chi connectivity index (χ2v) is 5.69. The zero-order valence-corrected chi connectivity index (χ0v) is 12.0. The van der Waals surface area contributed by atoms with Crippen molar-refractivity contribution in [2.75, 3.05) is 0 Å². The molecule has 1 aromatic rings. The second kappa shape index (κ2) is 6.74. The van der Waals surface area contributed by atoms with Gasteiger partial charge >= 0.3 is 6.18 Å². The highest BCUT2D eigenvalue weighted by Crippen LogP contribution is 2.30. The Morgan fingerprint density at radius 2 is 2.14 bits per heavy atom. The highest BCUT2D eigenvalue weighted by molar-refractivity contribution is 4.94. The van der Waals surface area contributed by atoms with Crippen LogP contribution in [0.1, 0.15) is 50.8 Å². The first-order valence-electron chi connectivity index (χ1n) is 7.23. The molecule has 1 heterocycles. The van der Waals surface area contributed by atoms with Crippen LogP contribution in [0.4, 0.5) is 13.2 Å². The molecule has 21 heavy (non-hydrogen) atoms. The predicted octanol–water partition coefficient (Wildman–Crippen LogP) is 2.18. The van der Waals surface area contributed by atoms with Gasteiger partial charge in [-0.2, -0.15) is 13.2 Å². The average molecular weight is 306 g/mol. The number of nitrogens with zero attached hydrogens (tertiary/aromatic N) is 3. The van der Waals surface area contributed by atoms with Gasteiger partial charge in [-0.15, -0.1) is 5.10 Å². The number of aromatic nitrogens is 3. The number of aliphatic hydroxyl groups excluding tert-OH is 1. The highest BCUT2D eigenvalue weighted by atomic mass is 19.4. The lowest BCUT2D eigenvalue weighted by atomic mass is 9.89. The van der Waals surface area contributed by atoms with Crippen molar-refractivity contribution in [2.24, 2.45) is 0 Å². The monoisotopic (exact) mass is 306 g/mol. The van der Waals surface area contributed by atoms with Crippen LogP contribution in [0.3, 0.4) is 0 Å². The zero-order chi connectivity index (χ0) is 15.5. The van der Waals surface area contributed by atoms with E-state index >= 15 is 0 Å². The molecule has 5 nitrogen and oxygen atoms in total. The van der Waals surface area contributed by atoms with E-state index in [1.54, 1.807) is 17.8 Å². The van der Waals surface area contributed by atoms with Gasteiger partial charge in [-0.25, -0.2) is 4.68 Å². The molecule has 0 amide bonds. The number of nitrogens with one attached hydrogen (secondary N) is 1. The third-order valence-corrected chi connectivity index (χ3v) is 3.83. The summed E-state index contributed by atoms with van der Waals surface area (Å²) in [4.78, 5) is 0. The molecule has 3 atom stereocenters. The van der Waals surface area contributed by atoms with Crippen molar-refractivity contribution in [3.8, 4) is 0 Å². The minimum atomic E-state index is -4.16. The molecule has 1 saturated carbocycles. The standard InChI is InChI=1S/C13H21F3N4O/c1-9(6-13(14,15)16)17-11-4-2-3-5-12(11)20-7-10(8-21)18-19-20/h7,9,11-12,17,21H,2-6,8H2,1H3/t9?,11-,12+/m0/s1. The van der Waals surface area contributed by atoms with Crippen molar-refractivity contribution in [1.82, 2.24) is 20.3 Å². The molecule has 1 unspecified atom stereocenters. The first kappa shape index (κ1) is 16.2. The third-order valence-electron chi connectivity index (χ3n) is 3.83. The molecule has 2 N–H and O–H groups in total. The molecule has 8 heteroatoms. The van der Waals surface area contributed by atoms with Crippen molar-refractivity contribution in [3.05, 3.63) is 11.9 Å². The molecule has 0 bridgehead atoms. The van der Waals surface area contributed by atoms with Crippen molar-refractivity contribution in [1.29, 1.82) is 0 Å². The average Bonchev–Trinajstić information content (AvgIpc) is 2.85. The summed E-state index contributed by atoms with van der Waals surface area (Å²) < 4.78 is 39.0. The predicted molar refractivity (Wildman–Crippen MR) is 70.5 cm³/mol. The number of hydrogen-bond acceptors (Lipinski definition) is 4. The molecule has 1 fully saturated rings. The second-order valence-electron chi connectivity index (χ2n) is 5.69. The SMILES string of the molecule is CC(CC(F)(F)F)N[C@H]1CCCC[C@H]1n1cc(CO)nn1. The van der Waals surface area contributed by atoms with Gasteiger partial charge in [0.15, 0.2) is 0 Å². The van der Waals surface area contributed by atoms with Crippen LogP contribution in [-0.4, -0.2) is 38.4 Å². The van der Waals surface area contributed by atoms with Crippen LogP contribution in [0.2, 0.25) is 0 Å². The molecule has 0 saturated heterocycles. The number of hydrogen-bond donors (Lipinski definition) is 2. The van der Waals surface area contributed by atoms with Gasteiger partial charge < -0.3 is 10.4 Å². The largest absolute Gasteiger partial charge is 0.390 e. The quantitative estimate of drug-likeness (QED) is 0.875. The first-order chi connectivity index (χ1) is 9.89. The molecule has 120 valence electrons. The van der Waals surface area contributed by atoms with Crippen LogP contribution in [0, 0.1) is 0 Å². The van der Waals surface area contributed by atoms with Crippen LogP contribution >= 0.6 is 0 Å². The van der Waals surface area contributed by atoms with Gasteiger partial charge in [0.1, 0.15) is 5.69 Å². The summed E-state index contributed by atoms with van der Waals surface area (Å²) in [5.41, 5.74) is 0.475. The fourth-order valence-corrected chi connectivity index (χ4v) is 2.94. The van der Waals surface area contributed by atoms with Gasteiger partial charge in [-0.05, 0) is 19.8 Å². The zero-order valence-electron chi connectivity index (χ0n) is 12.0. The van der Waals surface area contributed by atoms with E-state index in [0.29, 0.717) is 5.69 Å². The van der Waals surface area contributed by atoms with Crippen LogP contribution < -0.4 is 5.32 Å². The lowest BCUT2D eigenvalue weighted by Crippen LogP contribution is -2.45. The Hall–Kier alpha value is -1.15. The van der Waals surface area contributed by atoms with Crippen LogP contribution in [0.25, 0.3) is 0 Å². The molecule has 0 aromatic carbocycles. The number of aliphatic hydroxyl groups is 1. The molecule has 0 radical (unpaired) electrons. The summed E-state index contributed by atoms with van der Waals surface area (Å²) in [6.45, 7) is 1.37. The van der Waals surface area contributed by atoms with E-state index in [9.17, 15) is 13.2 Å². The minimum Gasteiger partial charge on any atom is -0.390 e. The van der Waals surface area contributed by atoms with Crippen molar-refractivity contribution in [3.63, 3.8) is 0 Å². The summed E-state index contributed by atoms with van der Waals surface area (Å²) in [5, 5.41) is 19.9. The highest BCUT2D eigenvalue weighted by Gasteiger charge is 2.33. The smallest absolute Gasteiger partial charge is 0.390 e. The Balaban J connectivity index is 2.01. The maximum absolute atomic E-state index is 12.4. The Morgan fingerprint density at radius 1 is 1.43 bits per heavy atom. The van der Waals surface area contributed by atoms with Gasteiger partial charge in [-0.1, -0.05) is 18.1 Å². The fourth-order valence-electron chi connectivity index (χ4n) is 2.94. The normalized spacial score (nSPS) is 25.0. The molecule has 1 aliphatic rings. The lowest BCUT2D eigenvalue weighted by molar-refractivity contribution is -0.139. The number of rotatable bonds is 5. The molecular formula is C13H21F3N4O. The third kappa shape index (κ3) is 4.67. The molecule has 2 rings (SSSR count). The molecular weight excluding hydrogens is 285 g/mol. The van der Waals surface area contributed by atoms with Gasteiger partial charge in [-0.3, -0.25) is 0 Å². The minimum absolute atomic E-state index is 0.0118. The Kier molecular flexibility index (Phi) is 5.21. The van der Waals surface area contributed by atoms with E-state index in [2.05, 4.69) is 15.6 Å². The van der Waals surface area contributed by atoms with Crippen LogP contribution in [-0.2, 0) is 6.61 Å². The van der Waals surface area contributed by atoms with E-state index < -0.39 is 18.6 Å². The van der Waals surface area contributed by atoms with E-state index in [4.69, 9.17) is 5.11 Å². The van der Waals surface area contributed by atoms with Gasteiger partial charge in [0.05, 0.1) is 25.3 Å². The van der Waals surface area contributed by atoms with E-state index in [0.717, 1.165) is 25.7 Å². The van der Waals surface area contributed by atoms with Gasteiger partial charge in [0.25, 0.3) is 0 Å².